The van der Waals surface area contributed by atoms with Crippen molar-refractivity contribution in [3.8, 4) is 0 Å². The lowest BCUT2D eigenvalue weighted by Crippen LogP contribution is -2.40. The third-order valence-corrected chi connectivity index (χ3v) is 8.39. The zero-order chi connectivity index (χ0) is 19.0. The summed E-state index contributed by atoms with van der Waals surface area (Å²) in [5, 5.41) is 4.62. The van der Waals surface area contributed by atoms with Gasteiger partial charge in [0.05, 0.1) is 9.77 Å². The Morgan fingerprint density at radius 1 is 1.15 bits per heavy atom. The van der Waals surface area contributed by atoms with Crippen LogP contribution in [0, 0.1) is 17.8 Å². The van der Waals surface area contributed by atoms with Crippen LogP contribution in [0.5, 0.6) is 0 Å². The molecule has 0 unspecified atom stereocenters. The van der Waals surface area contributed by atoms with Crippen LogP contribution in [0.15, 0.2) is 46.7 Å². The van der Waals surface area contributed by atoms with Crippen molar-refractivity contribution in [1.82, 2.24) is 4.72 Å². The Hall–Kier alpha value is -1.70. The summed E-state index contributed by atoms with van der Waals surface area (Å²) in [5.41, 5.74) is 0.577. The Labute approximate surface area is 164 Å². The highest BCUT2D eigenvalue weighted by Gasteiger charge is 2.42. The molecule has 0 radical (unpaired) electrons. The smallest absolute Gasteiger partial charge is 0.265 e. The van der Waals surface area contributed by atoms with Crippen LogP contribution in [-0.2, 0) is 10.0 Å². The van der Waals surface area contributed by atoms with Crippen LogP contribution in [0.1, 0.15) is 42.3 Å². The van der Waals surface area contributed by atoms with E-state index in [9.17, 15) is 13.2 Å². The number of nitrogens with one attached hydrogen (secondary N) is 2. The van der Waals surface area contributed by atoms with E-state index in [2.05, 4.69) is 10.0 Å². The number of sulfonamides is 1. The van der Waals surface area contributed by atoms with Gasteiger partial charge in [0.25, 0.3) is 5.91 Å². The first-order valence-electron chi connectivity index (χ1n) is 9.39. The average molecular weight is 405 g/mol. The average Bonchev–Trinajstić information content (AvgIpc) is 3.39. The molecule has 7 heteroatoms. The van der Waals surface area contributed by atoms with Crippen molar-refractivity contribution < 1.29 is 13.2 Å². The number of benzene rings is 1. The molecule has 2 aromatic rings. The lowest BCUT2D eigenvalue weighted by molar-refractivity contribution is 0.103. The topological polar surface area (TPSA) is 75.3 Å². The van der Waals surface area contributed by atoms with E-state index in [4.69, 9.17) is 0 Å². The predicted octanol–water partition coefficient (Wildman–Crippen LogP) is 4.10. The molecule has 0 spiro atoms. The van der Waals surface area contributed by atoms with Gasteiger partial charge in [0.15, 0.2) is 0 Å². The zero-order valence-electron chi connectivity index (χ0n) is 15.2. The molecule has 1 amide bonds. The standard InChI is InChI=1S/C20H24N2O3S2/c1-13(18-12-14-4-5-15(18)11-14)22-27(24,25)17-8-6-16(7-9-17)21-20(23)19-3-2-10-26-19/h2-3,6-10,13-15,18,22H,4-5,11-12H2,1H3,(H,21,23)/t13-,14-,15-,18-/m1/s1. The number of hydrogen-bond acceptors (Lipinski definition) is 4. The summed E-state index contributed by atoms with van der Waals surface area (Å²) in [4.78, 5) is 12.9. The number of fused-ring (bicyclic) bond motifs is 2. The summed E-state index contributed by atoms with van der Waals surface area (Å²) in [5.74, 6) is 1.72. The molecule has 5 nitrogen and oxygen atoms in total. The highest BCUT2D eigenvalue weighted by atomic mass is 32.2. The van der Waals surface area contributed by atoms with Gasteiger partial charge in [-0.1, -0.05) is 12.5 Å². The van der Waals surface area contributed by atoms with Gasteiger partial charge in [0, 0.05) is 11.7 Å². The minimum atomic E-state index is -3.56. The van der Waals surface area contributed by atoms with E-state index >= 15 is 0 Å². The van der Waals surface area contributed by atoms with Gasteiger partial charge < -0.3 is 5.32 Å². The molecule has 2 fully saturated rings. The molecule has 2 bridgehead atoms. The predicted molar refractivity (Wildman–Crippen MR) is 107 cm³/mol. The molecular formula is C20H24N2O3S2. The largest absolute Gasteiger partial charge is 0.321 e. The maximum absolute atomic E-state index is 12.7. The second kappa shape index (κ2) is 7.37. The molecule has 0 aliphatic heterocycles. The number of thiophene rings is 1. The molecule has 1 heterocycles. The molecule has 144 valence electrons. The fourth-order valence-electron chi connectivity index (χ4n) is 4.62. The number of carbonyl (C=O) groups excluding carboxylic acids is 1. The van der Waals surface area contributed by atoms with E-state index in [1.165, 1.54) is 30.6 Å². The number of amides is 1. The van der Waals surface area contributed by atoms with E-state index in [0.717, 1.165) is 12.3 Å². The molecule has 2 aliphatic carbocycles. The van der Waals surface area contributed by atoms with Gasteiger partial charge in [-0.2, -0.15) is 0 Å². The monoisotopic (exact) mass is 404 g/mol. The lowest BCUT2D eigenvalue weighted by Gasteiger charge is -2.28. The fourth-order valence-corrected chi connectivity index (χ4v) is 6.54. The van der Waals surface area contributed by atoms with Gasteiger partial charge in [-0.05, 0) is 79.7 Å². The molecular weight excluding hydrogens is 380 g/mol. The van der Waals surface area contributed by atoms with E-state index in [-0.39, 0.29) is 16.8 Å². The molecule has 2 aliphatic rings. The van der Waals surface area contributed by atoms with Crippen molar-refractivity contribution in [2.24, 2.45) is 17.8 Å². The Balaban J connectivity index is 1.40. The van der Waals surface area contributed by atoms with Crippen LogP contribution >= 0.6 is 11.3 Å². The molecule has 2 N–H and O–H groups in total. The Morgan fingerprint density at radius 2 is 1.93 bits per heavy atom. The molecule has 1 aromatic carbocycles. The Morgan fingerprint density at radius 3 is 2.52 bits per heavy atom. The van der Waals surface area contributed by atoms with Crippen molar-refractivity contribution in [3.05, 3.63) is 46.7 Å². The zero-order valence-corrected chi connectivity index (χ0v) is 16.9. The van der Waals surface area contributed by atoms with Crippen LogP contribution in [-0.4, -0.2) is 20.4 Å². The van der Waals surface area contributed by atoms with Crippen molar-refractivity contribution in [2.45, 2.75) is 43.5 Å². The van der Waals surface area contributed by atoms with E-state index in [1.54, 1.807) is 30.3 Å². The third kappa shape index (κ3) is 3.95. The summed E-state index contributed by atoms with van der Waals surface area (Å²) in [7, 11) is -3.56. The van der Waals surface area contributed by atoms with Crippen molar-refractivity contribution in [3.63, 3.8) is 0 Å². The fraction of sp³-hybridized carbons (Fsp3) is 0.450. The van der Waals surface area contributed by atoms with Gasteiger partial charge in [-0.3, -0.25) is 4.79 Å². The number of hydrogen-bond donors (Lipinski definition) is 2. The molecule has 0 saturated heterocycles. The second-order valence-corrected chi connectivity index (χ2v) is 10.4. The van der Waals surface area contributed by atoms with Crippen LogP contribution in [0.3, 0.4) is 0 Å². The third-order valence-electron chi connectivity index (χ3n) is 5.94. The van der Waals surface area contributed by atoms with Crippen LogP contribution in [0.2, 0.25) is 0 Å². The van der Waals surface area contributed by atoms with Crippen molar-refractivity contribution in [2.75, 3.05) is 5.32 Å². The lowest BCUT2D eigenvalue weighted by atomic mass is 9.84. The first-order valence-corrected chi connectivity index (χ1v) is 11.8. The molecule has 1 aromatic heterocycles. The number of carbonyl (C=O) groups is 1. The van der Waals surface area contributed by atoms with Gasteiger partial charge in [-0.25, -0.2) is 13.1 Å². The normalized spacial score (nSPS) is 25.4. The summed E-state index contributed by atoms with van der Waals surface area (Å²) < 4.78 is 28.3. The van der Waals surface area contributed by atoms with Crippen LogP contribution in [0.25, 0.3) is 0 Å². The van der Waals surface area contributed by atoms with Crippen molar-refractivity contribution >= 4 is 33.0 Å². The first kappa shape index (κ1) is 18.7. The maximum atomic E-state index is 12.7. The molecule has 2 saturated carbocycles. The molecule has 4 atom stereocenters. The van der Waals surface area contributed by atoms with Gasteiger partial charge in [0.1, 0.15) is 0 Å². The summed E-state index contributed by atoms with van der Waals surface area (Å²) in [6.07, 6.45) is 4.94. The summed E-state index contributed by atoms with van der Waals surface area (Å²) >= 11 is 1.36. The van der Waals surface area contributed by atoms with E-state index in [0.29, 0.717) is 22.4 Å². The summed E-state index contributed by atoms with van der Waals surface area (Å²) in [6.45, 7) is 1.98. The Bertz CT molecular complexity index is 907. The Kier molecular flexibility index (Phi) is 5.09. The first-order chi connectivity index (χ1) is 12.9. The van der Waals surface area contributed by atoms with Crippen LogP contribution in [0.4, 0.5) is 5.69 Å². The minimum absolute atomic E-state index is 0.0523. The number of rotatable bonds is 6. The number of anilines is 1. The van der Waals surface area contributed by atoms with Gasteiger partial charge >= 0.3 is 0 Å². The molecule has 4 rings (SSSR count). The van der Waals surface area contributed by atoms with E-state index < -0.39 is 10.0 Å². The van der Waals surface area contributed by atoms with Crippen molar-refractivity contribution in [1.29, 1.82) is 0 Å². The highest BCUT2D eigenvalue weighted by molar-refractivity contribution is 7.89. The minimum Gasteiger partial charge on any atom is -0.321 e. The second-order valence-electron chi connectivity index (χ2n) is 7.70. The maximum Gasteiger partial charge on any atom is 0.265 e. The van der Waals surface area contributed by atoms with Gasteiger partial charge in [0.2, 0.25) is 10.0 Å². The SMILES string of the molecule is C[C@@H](NS(=O)(=O)c1ccc(NC(=O)c2cccs2)cc1)[C@H]1C[C@@H]2CC[C@@H]1C2. The quantitative estimate of drug-likeness (QED) is 0.761. The highest BCUT2D eigenvalue weighted by Crippen LogP contribution is 2.49. The van der Waals surface area contributed by atoms with Gasteiger partial charge in [-0.15, -0.1) is 11.3 Å². The van der Waals surface area contributed by atoms with E-state index in [1.807, 2.05) is 18.4 Å². The summed E-state index contributed by atoms with van der Waals surface area (Å²) in [6, 6.07) is 9.85. The van der Waals surface area contributed by atoms with Crippen LogP contribution < -0.4 is 10.0 Å². The molecule has 27 heavy (non-hydrogen) atoms.